The van der Waals surface area contributed by atoms with E-state index in [4.69, 9.17) is 4.74 Å². The zero-order chi connectivity index (χ0) is 21.7. The topological polar surface area (TPSA) is 61.9 Å². The lowest BCUT2D eigenvalue weighted by molar-refractivity contribution is 0.245. The van der Waals surface area contributed by atoms with Crippen molar-refractivity contribution in [2.45, 2.75) is 51.0 Å². The van der Waals surface area contributed by atoms with Crippen LogP contribution in [-0.4, -0.2) is 64.5 Å². The lowest BCUT2D eigenvalue weighted by atomic mass is 9.84. The second kappa shape index (κ2) is 10.8. The summed E-state index contributed by atoms with van der Waals surface area (Å²) in [5, 5.41) is 0. The van der Waals surface area contributed by atoms with Crippen LogP contribution in [0.15, 0.2) is 22.7 Å². The van der Waals surface area contributed by atoms with Gasteiger partial charge in [0.05, 0.1) is 7.11 Å². The maximum atomic E-state index is 12.0. The number of methoxy groups -OCH3 is 1. The van der Waals surface area contributed by atoms with Crippen LogP contribution in [0.5, 0.6) is 5.75 Å². The summed E-state index contributed by atoms with van der Waals surface area (Å²) < 4.78 is 34.6. The number of benzene rings is 1. The maximum Gasteiger partial charge on any atom is 0.279 e. The van der Waals surface area contributed by atoms with Gasteiger partial charge in [0.25, 0.3) is 10.2 Å². The van der Waals surface area contributed by atoms with E-state index in [0.717, 1.165) is 50.3 Å². The second-order valence-corrected chi connectivity index (χ2v) is 11.8. The summed E-state index contributed by atoms with van der Waals surface area (Å²) in [6, 6.07) is 6.31. The summed E-state index contributed by atoms with van der Waals surface area (Å²) in [6.45, 7) is 3.51. The van der Waals surface area contributed by atoms with E-state index in [1.54, 1.807) is 21.2 Å². The summed E-state index contributed by atoms with van der Waals surface area (Å²) in [5.74, 6) is 2.34. The Hall–Kier alpha value is -0.670. The average molecular weight is 503 g/mol. The third-order valence-corrected chi connectivity index (χ3v) is 8.99. The van der Waals surface area contributed by atoms with Crippen molar-refractivity contribution in [2.24, 2.45) is 11.8 Å². The van der Waals surface area contributed by atoms with Crippen molar-refractivity contribution < 1.29 is 13.2 Å². The monoisotopic (exact) mass is 501 g/mol. The van der Waals surface area contributed by atoms with Gasteiger partial charge in [-0.25, -0.2) is 0 Å². The molecule has 0 amide bonds. The first kappa shape index (κ1) is 24.0. The van der Waals surface area contributed by atoms with Gasteiger partial charge in [0.2, 0.25) is 0 Å². The minimum absolute atomic E-state index is 0.0890. The number of ether oxygens (including phenoxy) is 1. The first-order chi connectivity index (χ1) is 14.3. The Balaban J connectivity index is 1.38. The molecule has 1 unspecified atom stereocenters. The highest BCUT2D eigenvalue weighted by molar-refractivity contribution is 9.10. The van der Waals surface area contributed by atoms with Crippen LogP contribution in [0.25, 0.3) is 0 Å². The Morgan fingerprint density at radius 1 is 1.17 bits per heavy atom. The predicted octanol–water partition coefficient (Wildman–Crippen LogP) is 3.67. The van der Waals surface area contributed by atoms with Gasteiger partial charge in [-0.05, 0) is 93.6 Å². The fourth-order valence-electron chi connectivity index (χ4n) is 4.68. The first-order valence-electron chi connectivity index (χ1n) is 11.0. The van der Waals surface area contributed by atoms with E-state index in [0.29, 0.717) is 5.92 Å². The van der Waals surface area contributed by atoms with Crippen molar-refractivity contribution in [2.75, 3.05) is 40.8 Å². The zero-order valence-corrected chi connectivity index (χ0v) is 20.8. The Morgan fingerprint density at radius 2 is 1.90 bits per heavy atom. The molecule has 1 saturated carbocycles. The van der Waals surface area contributed by atoms with E-state index < -0.39 is 10.2 Å². The van der Waals surface area contributed by atoms with E-state index in [-0.39, 0.29) is 6.04 Å². The van der Waals surface area contributed by atoms with Crippen molar-refractivity contribution >= 4 is 26.1 Å². The summed E-state index contributed by atoms with van der Waals surface area (Å²) in [5.41, 5.74) is 1.33. The second-order valence-electron chi connectivity index (χ2n) is 9.03. The molecule has 8 heteroatoms. The lowest BCUT2D eigenvalue weighted by Crippen LogP contribution is -2.43. The Bertz CT molecular complexity index is 795. The van der Waals surface area contributed by atoms with Gasteiger partial charge in [-0.3, -0.25) is 0 Å². The van der Waals surface area contributed by atoms with E-state index in [9.17, 15) is 8.42 Å². The molecule has 1 aliphatic heterocycles. The van der Waals surface area contributed by atoms with Crippen LogP contribution in [0.3, 0.4) is 0 Å². The van der Waals surface area contributed by atoms with Gasteiger partial charge in [-0.2, -0.15) is 17.4 Å². The fraction of sp³-hybridized carbons (Fsp3) is 0.727. The maximum absolute atomic E-state index is 12.0. The van der Waals surface area contributed by atoms with Gasteiger partial charge in [-0.15, -0.1) is 0 Å². The van der Waals surface area contributed by atoms with Crippen molar-refractivity contribution in [3.63, 3.8) is 0 Å². The van der Waals surface area contributed by atoms with E-state index in [2.05, 4.69) is 37.7 Å². The summed E-state index contributed by atoms with van der Waals surface area (Å²) in [4.78, 5) is 2.61. The van der Waals surface area contributed by atoms with Crippen LogP contribution in [0.2, 0.25) is 0 Å². The number of hydrogen-bond donors (Lipinski definition) is 1. The number of likely N-dealkylation sites (tertiary alicyclic amines) is 1. The highest BCUT2D eigenvalue weighted by Gasteiger charge is 2.27. The molecule has 1 aliphatic carbocycles. The summed E-state index contributed by atoms with van der Waals surface area (Å²) in [6.07, 6.45) is 7.70. The number of nitrogens with one attached hydrogen (secondary N) is 1. The number of rotatable bonds is 9. The van der Waals surface area contributed by atoms with Crippen LogP contribution in [0, 0.1) is 11.8 Å². The quantitative estimate of drug-likeness (QED) is 0.560. The predicted molar refractivity (Wildman–Crippen MR) is 125 cm³/mol. The SMILES string of the molecule is COc1ccc(Br)c(CC2CCN(CC[C@H]3CC[C@@H](NS(=O)(=O)N(C)C)CC3)C2)c1. The summed E-state index contributed by atoms with van der Waals surface area (Å²) in [7, 11) is 1.55. The molecular formula is C22H36BrN3O3S. The van der Waals surface area contributed by atoms with Crippen molar-refractivity contribution in [1.29, 1.82) is 0 Å². The van der Waals surface area contributed by atoms with Gasteiger partial charge in [0, 0.05) is 31.2 Å². The minimum Gasteiger partial charge on any atom is -0.497 e. The van der Waals surface area contributed by atoms with E-state index >= 15 is 0 Å². The molecule has 1 saturated heterocycles. The molecule has 1 N–H and O–H groups in total. The molecule has 1 atom stereocenters. The molecule has 2 aliphatic rings. The third kappa shape index (κ3) is 6.66. The molecule has 1 aromatic rings. The number of hydrogen-bond acceptors (Lipinski definition) is 4. The van der Waals surface area contributed by atoms with E-state index in [1.807, 2.05) is 6.07 Å². The smallest absolute Gasteiger partial charge is 0.279 e. The standard InChI is InChI=1S/C22H36BrN3O3S/c1-25(2)30(27,28)24-20-6-4-17(5-7-20)10-12-26-13-11-18(16-26)14-19-15-21(29-3)8-9-22(19)23/h8-9,15,17-18,20,24H,4-7,10-14,16H2,1-3H3/t17-,18?,20+. The zero-order valence-electron chi connectivity index (χ0n) is 18.4. The fourth-order valence-corrected chi connectivity index (χ4v) is 5.95. The largest absolute Gasteiger partial charge is 0.497 e. The summed E-state index contributed by atoms with van der Waals surface area (Å²) >= 11 is 3.68. The average Bonchev–Trinajstić information content (AvgIpc) is 3.16. The van der Waals surface area contributed by atoms with Crippen molar-refractivity contribution in [1.82, 2.24) is 13.9 Å². The molecule has 0 aromatic heterocycles. The molecule has 30 heavy (non-hydrogen) atoms. The highest BCUT2D eigenvalue weighted by atomic mass is 79.9. The minimum atomic E-state index is -3.32. The molecule has 6 nitrogen and oxygen atoms in total. The molecule has 0 radical (unpaired) electrons. The van der Waals surface area contributed by atoms with Crippen molar-refractivity contribution in [3.05, 3.63) is 28.2 Å². The normalized spacial score (nSPS) is 25.7. The van der Waals surface area contributed by atoms with Crippen LogP contribution in [-0.2, 0) is 16.6 Å². The molecule has 0 bridgehead atoms. The first-order valence-corrected chi connectivity index (χ1v) is 13.2. The molecule has 1 heterocycles. The number of nitrogens with zero attached hydrogens (tertiary/aromatic N) is 2. The van der Waals surface area contributed by atoms with Gasteiger partial charge in [0.15, 0.2) is 0 Å². The third-order valence-electron chi connectivity index (χ3n) is 6.63. The molecule has 170 valence electrons. The Morgan fingerprint density at radius 3 is 2.57 bits per heavy atom. The van der Waals surface area contributed by atoms with Crippen LogP contribution in [0.4, 0.5) is 0 Å². The van der Waals surface area contributed by atoms with Crippen LogP contribution >= 0.6 is 15.9 Å². The molecule has 0 spiro atoms. The Labute approximate surface area is 190 Å². The lowest BCUT2D eigenvalue weighted by Gasteiger charge is -2.30. The van der Waals surface area contributed by atoms with Crippen molar-refractivity contribution in [3.8, 4) is 5.75 Å². The molecule has 3 rings (SSSR count). The van der Waals surface area contributed by atoms with Crippen LogP contribution in [0.1, 0.15) is 44.1 Å². The van der Waals surface area contributed by atoms with Gasteiger partial charge in [0.1, 0.15) is 5.75 Å². The number of halogens is 1. The van der Waals surface area contributed by atoms with Gasteiger partial charge in [-0.1, -0.05) is 15.9 Å². The molecule has 1 aromatic carbocycles. The van der Waals surface area contributed by atoms with Gasteiger partial charge < -0.3 is 9.64 Å². The molecule has 2 fully saturated rings. The molecular weight excluding hydrogens is 466 g/mol. The van der Waals surface area contributed by atoms with E-state index in [1.165, 1.54) is 40.3 Å². The van der Waals surface area contributed by atoms with Crippen LogP contribution < -0.4 is 9.46 Å². The highest BCUT2D eigenvalue weighted by Crippen LogP contribution is 2.30. The Kier molecular flexibility index (Phi) is 8.61. The van der Waals surface area contributed by atoms with Gasteiger partial charge >= 0.3 is 0 Å².